The Labute approximate surface area is 120 Å². The van der Waals surface area contributed by atoms with Crippen LogP contribution in [0.5, 0.6) is 0 Å². The van der Waals surface area contributed by atoms with Crippen LogP contribution < -0.4 is 4.84 Å². The van der Waals surface area contributed by atoms with E-state index in [-0.39, 0.29) is 17.9 Å². The van der Waals surface area contributed by atoms with Gasteiger partial charge >= 0.3 is 0 Å². The number of rotatable bonds is 5. The molecule has 0 radical (unpaired) electrons. The Kier molecular flexibility index (Phi) is 4.16. The summed E-state index contributed by atoms with van der Waals surface area (Å²) in [6, 6.07) is 1.76. The van der Waals surface area contributed by atoms with Crippen molar-refractivity contribution >= 4 is 5.91 Å². The molecule has 2 rings (SSSR count). The van der Waals surface area contributed by atoms with Crippen LogP contribution in [0.1, 0.15) is 34.1 Å². The number of carbonyl (C=O) groups excluding carboxylic acids is 1. The standard InChI is InChI=1S/C15H23N3O2/c1-5-17(13-9-12(2)15(3,4)10-13)14(19)11-20-18-8-6-7-16-18/h6-8,10,12H,5,9,11H2,1-4H3. The Morgan fingerprint density at radius 3 is 2.85 bits per heavy atom. The number of carbonyl (C=O) groups is 1. The van der Waals surface area contributed by atoms with Crippen LogP contribution >= 0.6 is 0 Å². The van der Waals surface area contributed by atoms with Crippen molar-refractivity contribution in [3.63, 3.8) is 0 Å². The van der Waals surface area contributed by atoms with E-state index in [2.05, 4.69) is 31.9 Å². The number of hydrogen-bond donors (Lipinski definition) is 0. The normalized spacial score (nSPS) is 20.6. The maximum absolute atomic E-state index is 12.3. The van der Waals surface area contributed by atoms with Crippen LogP contribution in [-0.2, 0) is 4.79 Å². The van der Waals surface area contributed by atoms with Gasteiger partial charge in [-0.25, -0.2) is 0 Å². The minimum absolute atomic E-state index is 0.00166. The maximum Gasteiger partial charge on any atom is 0.267 e. The van der Waals surface area contributed by atoms with E-state index in [1.54, 1.807) is 18.5 Å². The van der Waals surface area contributed by atoms with Gasteiger partial charge in [-0.2, -0.15) is 0 Å². The summed E-state index contributed by atoms with van der Waals surface area (Å²) in [5, 5.41) is 3.92. The first-order valence-corrected chi connectivity index (χ1v) is 7.09. The molecule has 0 saturated carbocycles. The quantitative estimate of drug-likeness (QED) is 0.828. The smallest absolute Gasteiger partial charge is 0.267 e. The third-order valence-corrected chi connectivity index (χ3v) is 4.09. The van der Waals surface area contributed by atoms with Crippen molar-refractivity contribution in [2.75, 3.05) is 13.2 Å². The van der Waals surface area contributed by atoms with E-state index in [1.165, 1.54) is 4.85 Å². The first-order valence-electron chi connectivity index (χ1n) is 7.09. The Balaban J connectivity index is 2.00. The molecular formula is C15H23N3O2. The summed E-state index contributed by atoms with van der Waals surface area (Å²) >= 11 is 0. The average molecular weight is 277 g/mol. The zero-order valence-corrected chi connectivity index (χ0v) is 12.7. The molecule has 1 aromatic heterocycles. The van der Waals surface area contributed by atoms with Crippen LogP contribution in [-0.4, -0.2) is 33.9 Å². The molecule has 0 saturated heterocycles. The van der Waals surface area contributed by atoms with Gasteiger partial charge in [0.1, 0.15) is 0 Å². The number of aromatic nitrogens is 2. The zero-order chi connectivity index (χ0) is 14.8. The third kappa shape index (κ3) is 3.03. The van der Waals surface area contributed by atoms with Gasteiger partial charge in [0, 0.05) is 12.2 Å². The van der Waals surface area contributed by atoms with Gasteiger partial charge in [-0.15, -0.1) is 9.94 Å². The van der Waals surface area contributed by atoms with E-state index < -0.39 is 0 Å². The highest BCUT2D eigenvalue weighted by molar-refractivity contribution is 5.79. The van der Waals surface area contributed by atoms with E-state index in [0.717, 1.165) is 12.1 Å². The van der Waals surface area contributed by atoms with Crippen LogP contribution in [0.2, 0.25) is 0 Å². The summed E-state index contributed by atoms with van der Waals surface area (Å²) in [6.45, 7) is 9.30. The van der Waals surface area contributed by atoms with Gasteiger partial charge in [0.2, 0.25) is 0 Å². The topological polar surface area (TPSA) is 47.4 Å². The fourth-order valence-corrected chi connectivity index (χ4v) is 2.47. The minimum atomic E-state index is -0.0286. The van der Waals surface area contributed by atoms with Gasteiger partial charge in [-0.3, -0.25) is 4.79 Å². The fraction of sp³-hybridized carbons (Fsp3) is 0.600. The molecule has 0 bridgehead atoms. The molecule has 1 amide bonds. The third-order valence-electron chi connectivity index (χ3n) is 4.09. The SMILES string of the molecule is CCN(C(=O)COn1cccn1)C1=CC(C)(C)C(C)C1. The molecule has 1 aliphatic carbocycles. The van der Waals surface area contributed by atoms with Crippen LogP contribution in [0.25, 0.3) is 0 Å². The molecule has 5 heteroatoms. The Hall–Kier alpha value is -1.78. The number of hydrogen-bond acceptors (Lipinski definition) is 3. The van der Waals surface area contributed by atoms with E-state index in [1.807, 2.05) is 11.8 Å². The van der Waals surface area contributed by atoms with Gasteiger partial charge in [0.25, 0.3) is 5.91 Å². The van der Waals surface area contributed by atoms with Crippen molar-refractivity contribution in [2.45, 2.75) is 34.1 Å². The van der Waals surface area contributed by atoms with Gasteiger partial charge < -0.3 is 9.74 Å². The molecule has 0 spiro atoms. The highest BCUT2D eigenvalue weighted by atomic mass is 16.7. The van der Waals surface area contributed by atoms with Crippen LogP contribution in [0.15, 0.2) is 30.2 Å². The highest BCUT2D eigenvalue weighted by Gasteiger charge is 2.34. The Morgan fingerprint density at radius 1 is 1.60 bits per heavy atom. The highest BCUT2D eigenvalue weighted by Crippen LogP contribution is 2.41. The number of allylic oxidation sites excluding steroid dienone is 2. The van der Waals surface area contributed by atoms with Crippen molar-refractivity contribution < 1.29 is 9.63 Å². The largest absolute Gasteiger partial charge is 0.387 e. The summed E-state index contributed by atoms with van der Waals surface area (Å²) in [7, 11) is 0. The second-order valence-electron chi connectivity index (χ2n) is 5.88. The summed E-state index contributed by atoms with van der Waals surface area (Å²) in [5.74, 6) is 0.519. The number of likely N-dealkylation sites (N-methyl/N-ethyl adjacent to an activating group) is 1. The molecule has 0 aliphatic heterocycles. The maximum atomic E-state index is 12.3. The molecule has 5 nitrogen and oxygen atoms in total. The molecule has 1 atom stereocenters. The van der Waals surface area contributed by atoms with E-state index in [4.69, 9.17) is 4.84 Å². The molecule has 0 fully saturated rings. The molecular weight excluding hydrogens is 254 g/mol. The average Bonchev–Trinajstić information content (AvgIpc) is 2.97. The summed E-state index contributed by atoms with van der Waals surface area (Å²) in [4.78, 5) is 20.7. The first kappa shape index (κ1) is 14.6. The first-order chi connectivity index (χ1) is 9.44. The van der Waals surface area contributed by atoms with E-state index in [9.17, 15) is 4.79 Å². The van der Waals surface area contributed by atoms with Gasteiger partial charge in [0.05, 0.1) is 12.4 Å². The summed E-state index contributed by atoms with van der Waals surface area (Å²) < 4.78 is 0. The molecule has 0 N–H and O–H groups in total. The van der Waals surface area contributed by atoms with Gasteiger partial charge in [-0.05, 0) is 30.7 Å². The van der Waals surface area contributed by atoms with Crippen LogP contribution in [0.3, 0.4) is 0 Å². The minimum Gasteiger partial charge on any atom is -0.387 e. The van der Waals surface area contributed by atoms with Crippen molar-refractivity contribution in [1.29, 1.82) is 0 Å². The molecule has 110 valence electrons. The summed E-state index contributed by atoms with van der Waals surface area (Å²) in [6.07, 6.45) is 6.44. The van der Waals surface area contributed by atoms with Crippen molar-refractivity contribution in [3.05, 3.63) is 30.2 Å². The molecule has 1 aliphatic rings. The molecule has 0 aromatic carbocycles. The number of amides is 1. The molecule has 1 unspecified atom stereocenters. The predicted octanol–water partition coefficient (Wildman–Crippen LogP) is 2.11. The van der Waals surface area contributed by atoms with E-state index in [0.29, 0.717) is 12.5 Å². The Morgan fingerprint density at radius 2 is 2.35 bits per heavy atom. The lowest BCUT2D eigenvalue weighted by Crippen LogP contribution is -2.35. The summed E-state index contributed by atoms with van der Waals surface area (Å²) in [5.41, 5.74) is 1.25. The van der Waals surface area contributed by atoms with Gasteiger partial charge in [-0.1, -0.05) is 26.8 Å². The lowest BCUT2D eigenvalue weighted by atomic mass is 9.84. The zero-order valence-electron chi connectivity index (χ0n) is 12.7. The van der Waals surface area contributed by atoms with Gasteiger partial charge in [0.15, 0.2) is 6.61 Å². The molecule has 1 aromatic rings. The van der Waals surface area contributed by atoms with E-state index >= 15 is 0 Å². The van der Waals surface area contributed by atoms with Crippen LogP contribution in [0, 0.1) is 11.3 Å². The Bertz CT molecular complexity index is 491. The molecule has 1 heterocycles. The monoisotopic (exact) mass is 277 g/mol. The van der Waals surface area contributed by atoms with Crippen molar-refractivity contribution in [2.24, 2.45) is 11.3 Å². The second-order valence-corrected chi connectivity index (χ2v) is 5.88. The number of nitrogens with zero attached hydrogens (tertiary/aromatic N) is 3. The lowest BCUT2D eigenvalue weighted by molar-refractivity contribution is -0.134. The molecule has 20 heavy (non-hydrogen) atoms. The lowest BCUT2D eigenvalue weighted by Gasteiger charge is -2.22. The second kappa shape index (κ2) is 5.69. The van der Waals surface area contributed by atoms with Crippen molar-refractivity contribution in [3.8, 4) is 0 Å². The fourth-order valence-electron chi connectivity index (χ4n) is 2.47. The predicted molar refractivity (Wildman–Crippen MR) is 76.7 cm³/mol. The van der Waals surface area contributed by atoms with Crippen molar-refractivity contribution in [1.82, 2.24) is 14.8 Å². The van der Waals surface area contributed by atoms with Crippen LogP contribution in [0.4, 0.5) is 0 Å².